The second-order valence-electron chi connectivity index (χ2n) is 8.06. The zero-order valence-electron chi connectivity index (χ0n) is 21.4. The Hall–Kier alpha value is -4.54. The largest absolute Gasteiger partial charge is 0.495 e. The van der Waals surface area contributed by atoms with Crippen molar-refractivity contribution in [3.63, 3.8) is 0 Å². The Balaban J connectivity index is 0.00000127. The van der Waals surface area contributed by atoms with Crippen molar-refractivity contribution in [2.24, 2.45) is 10.9 Å². The summed E-state index contributed by atoms with van der Waals surface area (Å²) in [6, 6.07) is 17.6. The molecule has 0 radical (unpaired) electrons. The van der Waals surface area contributed by atoms with Crippen molar-refractivity contribution in [2.45, 2.75) is 6.92 Å². The predicted molar refractivity (Wildman–Crippen MR) is 152 cm³/mol. The van der Waals surface area contributed by atoms with Gasteiger partial charge >= 0.3 is 0 Å². The van der Waals surface area contributed by atoms with Gasteiger partial charge in [0.15, 0.2) is 5.82 Å². The van der Waals surface area contributed by atoms with Crippen LogP contribution in [0.15, 0.2) is 72.0 Å². The van der Waals surface area contributed by atoms with Crippen LogP contribution in [0.3, 0.4) is 0 Å². The highest BCUT2D eigenvalue weighted by Gasteiger charge is 2.14. The van der Waals surface area contributed by atoms with Gasteiger partial charge in [0.25, 0.3) is 0 Å². The molecule has 1 heterocycles. The van der Waals surface area contributed by atoms with Crippen LogP contribution >= 0.6 is 11.6 Å². The SMILES string of the molecule is CNC.COc1cc(-c2ccc(C(N)=O)cc2)c(C)cc1Nc1ncc(Cl)c(Nc2ccccc2N=O)n1. The molecule has 38 heavy (non-hydrogen) atoms. The molecule has 196 valence electrons. The monoisotopic (exact) mass is 533 g/mol. The summed E-state index contributed by atoms with van der Waals surface area (Å²) in [5, 5.41) is 12.2. The molecule has 0 bridgehead atoms. The van der Waals surface area contributed by atoms with E-state index in [0.717, 1.165) is 16.7 Å². The standard InChI is InChI=1S/C25H21ClN6O3.C2H7N/c1-14-11-21(22(35-2)12-17(14)15-7-9-16(10-8-15)23(27)33)30-25-28-13-18(26)24(31-25)29-19-5-3-4-6-20(19)32-34;1-3-2/h3-13H,1-2H3,(H2,27,33)(H2,28,29,30,31);3H,1-2H3. The number of nitroso groups, excluding NO2 is 1. The summed E-state index contributed by atoms with van der Waals surface area (Å²) in [5.74, 6) is 0.660. The number of hydrogen-bond donors (Lipinski definition) is 4. The minimum atomic E-state index is -0.479. The number of para-hydroxylation sites is 1. The highest BCUT2D eigenvalue weighted by Crippen LogP contribution is 2.36. The first kappa shape index (κ1) is 28.0. The Morgan fingerprint density at radius 2 is 1.71 bits per heavy atom. The van der Waals surface area contributed by atoms with Crippen molar-refractivity contribution in [1.82, 2.24) is 15.3 Å². The Labute approximate surface area is 225 Å². The molecule has 1 aromatic heterocycles. The topological polar surface area (TPSA) is 144 Å². The number of amides is 1. The number of methoxy groups -OCH3 is 1. The maximum absolute atomic E-state index is 11.4. The van der Waals surface area contributed by atoms with E-state index < -0.39 is 5.91 Å². The van der Waals surface area contributed by atoms with Gasteiger partial charge in [0.1, 0.15) is 16.5 Å². The number of aryl methyl sites for hydroxylation is 1. The number of carbonyl (C=O) groups excluding carboxylic acids is 1. The number of nitrogens with two attached hydrogens (primary N) is 1. The van der Waals surface area contributed by atoms with E-state index in [1.165, 1.54) is 6.20 Å². The minimum Gasteiger partial charge on any atom is -0.495 e. The Bertz CT molecular complexity index is 1430. The highest BCUT2D eigenvalue weighted by atomic mass is 35.5. The molecule has 4 aromatic rings. The first-order valence-corrected chi connectivity index (χ1v) is 11.8. The van der Waals surface area contributed by atoms with Crippen LogP contribution in [0.25, 0.3) is 11.1 Å². The number of aromatic nitrogens is 2. The van der Waals surface area contributed by atoms with E-state index in [2.05, 4.69) is 31.1 Å². The molecule has 11 heteroatoms. The molecular weight excluding hydrogens is 506 g/mol. The summed E-state index contributed by atoms with van der Waals surface area (Å²) in [6.07, 6.45) is 1.45. The lowest BCUT2D eigenvalue weighted by atomic mass is 9.98. The summed E-state index contributed by atoms with van der Waals surface area (Å²) in [7, 11) is 5.31. The predicted octanol–water partition coefficient (Wildman–Crippen LogP) is 5.93. The fraction of sp³-hybridized carbons (Fsp3) is 0.148. The molecule has 0 aliphatic heterocycles. The molecule has 4 rings (SSSR count). The van der Waals surface area contributed by atoms with Gasteiger partial charge in [0, 0.05) is 5.56 Å². The number of primary amides is 1. The summed E-state index contributed by atoms with van der Waals surface area (Å²) < 4.78 is 5.60. The minimum absolute atomic E-state index is 0.230. The van der Waals surface area contributed by atoms with Crippen LogP contribution in [0.5, 0.6) is 5.75 Å². The molecule has 0 saturated carbocycles. The Morgan fingerprint density at radius 1 is 1.03 bits per heavy atom. The summed E-state index contributed by atoms with van der Waals surface area (Å²) in [5.41, 5.74) is 9.92. The third-order valence-corrected chi connectivity index (χ3v) is 5.55. The number of benzene rings is 3. The Kier molecular flexibility index (Phi) is 9.69. The number of anilines is 4. The summed E-state index contributed by atoms with van der Waals surface area (Å²) >= 11 is 6.27. The van der Waals surface area contributed by atoms with E-state index in [1.54, 1.807) is 43.5 Å². The smallest absolute Gasteiger partial charge is 0.248 e. The Morgan fingerprint density at radius 3 is 2.34 bits per heavy atom. The second kappa shape index (κ2) is 13.1. The molecule has 10 nitrogen and oxygen atoms in total. The maximum Gasteiger partial charge on any atom is 0.248 e. The molecule has 0 fully saturated rings. The molecule has 0 unspecified atom stereocenters. The van der Waals surface area contributed by atoms with E-state index in [9.17, 15) is 9.70 Å². The third kappa shape index (κ3) is 6.81. The number of hydrogen-bond acceptors (Lipinski definition) is 9. The van der Waals surface area contributed by atoms with Gasteiger partial charge in [-0.1, -0.05) is 35.9 Å². The van der Waals surface area contributed by atoms with E-state index >= 15 is 0 Å². The van der Waals surface area contributed by atoms with Crippen LogP contribution in [-0.2, 0) is 0 Å². The fourth-order valence-electron chi connectivity index (χ4n) is 3.50. The van der Waals surface area contributed by atoms with Crippen LogP contribution in [0.1, 0.15) is 15.9 Å². The van der Waals surface area contributed by atoms with Crippen LogP contribution in [0, 0.1) is 11.8 Å². The van der Waals surface area contributed by atoms with Gasteiger partial charge in [-0.05, 0) is 79.3 Å². The van der Waals surface area contributed by atoms with E-state index in [4.69, 9.17) is 22.1 Å². The van der Waals surface area contributed by atoms with Gasteiger partial charge in [0.05, 0.1) is 24.7 Å². The number of halogens is 1. The lowest BCUT2D eigenvalue weighted by Crippen LogP contribution is -2.10. The van der Waals surface area contributed by atoms with Crippen molar-refractivity contribution in [3.05, 3.63) is 87.9 Å². The number of rotatable bonds is 8. The average Bonchev–Trinajstić information content (AvgIpc) is 2.91. The number of carbonyl (C=O) groups is 1. The van der Waals surface area contributed by atoms with Gasteiger partial charge in [-0.25, -0.2) is 4.98 Å². The number of ether oxygens (including phenoxy) is 1. The van der Waals surface area contributed by atoms with Gasteiger partial charge in [-0.3, -0.25) is 4.79 Å². The van der Waals surface area contributed by atoms with Gasteiger partial charge < -0.3 is 26.4 Å². The van der Waals surface area contributed by atoms with E-state index in [0.29, 0.717) is 28.5 Å². The van der Waals surface area contributed by atoms with Crippen LogP contribution in [-0.4, -0.2) is 37.1 Å². The highest BCUT2D eigenvalue weighted by molar-refractivity contribution is 6.33. The van der Waals surface area contributed by atoms with Crippen molar-refractivity contribution in [2.75, 3.05) is 31.8 Å². The van der Waals surface area contributed by atoms with Crippen molar-refractivity contribution in [3.8, 4) is 16.9 Å². The normalized spacial score (nSPS) is 10.1. The fourth-order valence-corrected chi connectivity index (χ4v) is 3.64. The lowest BCUT2D eigenvalue weighted by molar-refractivity contribution is 0.100. The molecule has 0 aliphatic carbocycles. The van der Waals surface area contributed by atoms with Crippen molar-refractivity contribution >= 4 is 46.3 Å². The zero-order chi connectivity index (χ0) is 27.7. The molecule has 0 saturated heterocycles. The second-order valence-corrected chi connectivity index (χ2v) is 8.46. The van der Waals surface area contributed by atoms with E-state index in [1.807, 2.05) is 45.3 Å². The van der Waals surface area contributed by atoms with Gasteiger partial charge in [-0.2, -0.15) is 4.98 Å². The molecule has 1 amide bonds. The molecule has 0 aliphatic rings. The van der Waals surface area contributed by atoms with Crippen LogP contribution in [0.4, 0.5) is 28.8 Å². The van der Waals surface area contributed by atoms with Crippen LogP contribution in [0.2, 0.25) is 5.02 Å². The van der Waals surface area contributed by atoms with Crippen LogP contribution < -0.4 is 26.4 Å². The number of nitrogens with zero attached hydrogens (tertiary/aromatic N) is 3. The first-order chi connectivity index (χ1) is 18.3. The molecule has 3 aromatic carbocycles. The maximum atomic E-state index is 11.4. The van der Waals surface area contributed by atoms with Gasteiger partial charge in [-0.15, -0.1) is 4.91 Å². The summed E-state index contributed by atoms with van der Waals surface area (Å²) in [4.78, 5) is 31.1. The van der Waals surface area contributed by atoms with Crippen molar-refractivity contribution < 1.29 is 9.53 Å². The molecular formula is C27H28ClN7O3. The van der Waals surface area contributed by atoms with Crippen molar-refractivity contribution in [1.29, 1.82) is 0 Å². The molecule has 0 spiro atoms. The first-order valence-electron chi connectivity index (χ1n) is 11.5. The number of nitrogens with one attached hydrogen (secondary N) is 3. The summed E-state index contributed by atoms with van der Waals surface area (Å²) in [6.45, 7) is 1.96. The molecule has 5 N–H and O–H groups in total. The van der Waals surface area contributed by atoms with Gasteiger partial charge in [0.2, 0.25) is 11.9 Å². The molecule has 0 atom stereocenters. The average molecular weight is 534 g/mol. The third-order valence-electron chi connectivity index (χ3n) is 5.27. The zero-order valence-corrected chi connectivity index (χ0v) is 22.1. The lowest BCUT2D eigenvalue weighted by Gasteiger charge is -2.16. The van der Waals surface area contributed by atoms with E-state index in [-0.39, 0.29) is 16.7 Å². The quantitative estimate of drug-likeness (QED) is 0.204.